The van der Waals surface area contributed by atoms with Gasteiger partial charge >= 0.3 is 0 Å². The van der Waals surface area contributed by atoms with E-state index in [0.29, 0.717) is 10.8 Å². The second-order valence-corrected chi connectivity index (χ2v) is 7.48. The maximum Gasteiger partial charge on any atom is 0.0467 e. The van der Waals surface area contributed by atoms with Gasteiger partial charge in [-0.2, -0.15) is 0 Å². The second kappa shape index (κ2) is 7.96. The molecule has 0 bridgehead atoms. The molecule has 1 heterocycles. The van der Waals surface area contributed by atoms with Gasteiger partial charge in [0.05, 0.1) is 0 Å². The van der Waals surface area contributed by atoms with E-state index >= 15 is 0 Å². The van der Waals surface area contributed by atoms with Crippen molar-refractivity contribution in [3.05, 3.63) is 29.6 Å². The van der Waals surface area contributed by atoms with E-state index in [9.17, 15) is 0 Å². The number of pyridine rings is 1. The van der Waals surface area contributed by atoms with E-state index in [1.165, 1.54) is 49.8 Å². The van der Waals surface area contributed by atoms with Gasteiger partial charge in [0, 0.05) is 17.3 Å². The minimum Gasteiger partial charge on any atom is -0.261 e. The van der Waals surface area contributed by atoms with Crippen molar-refractivity contribution in [1.29, 1.82) is 0 Å². The summed E-state index contributed by atoms with van der Waals surface area (Å²) >= 11 is 0. The zero-order chi connectivity index (χ0) is 15.9. The first kappa shape index (κ1) is 18.2. The first-order valence-electron chi connectivity index (χ1n) is 8.91. The molecule has 1 heteroatoms. The highest BCUT2D eigenvalue weighted by atomic mass is 14.7. The van der Waals surface area contributed by atoms with E-state index in [4.69, 9.17) is 4.98 Å². The topological polar surface area (TPSA) is 12.9 Å². The summed E-state index contributed by atoms with van der Waals surface area (Å²) in [7, 11) is 0. The van der Waals surface area contributed by atoms with Gasteiger partial charge in [0.25, 0.3) is 0 Å². The van der Waals surface area contributed by atoms with Crippen LogP contribution in [-0.4, -0.2) is 4.98 Å². The second-order valence-electron chi connectivity index (χ2n) is 7.48. The Balaban J connectivity index is 0.00000106. The summed E-state index contributed by atoms with van der Waals surface area (Å²) in [5, 5.41) is 0. The summed E-state index contributed by atoms with van der Waals surface area (Å²) in [5.74, 6) is 0. The minimum absolute atomic E-state index is 0.352. The van der Waals surface area contributed by atoms with E-state index in [2.05, 4.69) is 39.8 Å². The molecule has 0 unspecified atom stereocenters. The molecule has 1 nitrogen and oxygen atoms in total. The van der Waals surface area contributed by atoms with Gasteiger partial charge in [-0.15, -0.1) is 0 Å². The van der Waals surface area contributed by atoms with E-state index in [-0.39, 0.29) is 0 Å². The lowest BCUT2D eigenvalue weighted by molar-refractivity contribution is 0.276. The standard InChI is InChI=1S/C18H29N.C2H6/c1-5-18(10-7-6-8-11-18)16-13-15(9-12-19-16)14-17(2,3)4;1-2/h9,12-13H,5-8,10-11,14H2,1-4H3;1-2H3. The van der Waals surface area contributed by atoms with Crippen molar-refractivity contribution in [2.24, 2.45) is 5.41 Å². The highest BCUT2D eigenvalue weighted by Gasteiger charge is 2.33. The molecule has 0 amide bonds. The molecule has 2 rings (SSSR count). The van der Waals surface area contributed by atoms with E-state index in [0.717, 1.165) is 6.42 Å². The molecular weight excluding hydrogens is 254 g/mol. The van der Waals surface area contributed by atoms with Gasteiger partial charge in [-0.3, -0.25) is 4.98 Å². The molecule has 1 aliphatic rings. The first-order chi connectivity index (χ1) is 9.95. The summed E-state index contributed by atoms with van der Waals surface area (Å²) < 4.78 is 0. The predicted molar refractivity (Wildman–Crippen MR) is 93.8 cm³/mol. The lowest BCUT2D eigenvalue weighted by Crippen LogP contribution is -2.29. The zero-order valence-electron chi connectivity index (χ0n) is 15.1. The Morgan fingerprint density at radius 2 is 1.71 bits per heavy atom. The minimum atomic E-state index is 0.352. The maximum atomic E-state index is 4.74. The Morgan fingerprint density at radius 1 is 1.10 bits per heavy atom. The Bertz CT molecular complexity index is 408. The van der Waals surface area contributed by atoms with Gasteiger partial charge in [-0.1, -0.05) is 60.8 Å². The molecule has 0 N–H and O–H groups in total. The van der Waals surface area contributed by atoms with Crippen LogP contribution in [0, 0.1) is 5.41 Å². The molecule has 1 aromatic heterocycles. The first-order valence-corrected chi connectivity index (χ1v) is 8.91. The van der Waals surface area contributed by atoms with Crippen LogP contribution >= 0.6 is 0 Å². The van der Waals surface area contributed by atoms with Gasteiger partial charge in [0.1, 0.15) is 0 Å². The van der Waals surface area contributed by atoms with Crippen LogP contribution in [-0.2, 0) is 11.8 Å². The van der Waals surface area contributed by atoms with Gasteiger partial charge < -0.3 is 0 Å². The van der Waals surface area contributed by atoms with Crippen LogP contribution in [0.3, 0.4) is 0 Å². The molecule has 0 aromatic carbocycles. The largest absolute Gasteiger partial charge is 0.261 e. The van der Waals surface area contributed by atoms with E-state index in [1.54, 1.807) is 0 Å². The van der Waals surface area contributed by atoms with Crippen molar-refractivity contribution in [3.63, 3.8) is 0 Å². The van der Waals surface area contributed by atoms with Crippen molar-refractivity contribution in [1.82, 2.24) is 4.98 Å². The van der Waals surface area contributed by atoms with Crippen LogP contribution in [0.4, 0.5) is 0 Å². The molecule has 21 heavy (non-hydrogen) atoms. The van der Waals surface area contributed by atoms with Crippen LogP contribution in [0.1, 0.15) is 91.3 Å². The molecule has 0 aliphatic heterocycles. The summed E-state index contributed by atoms with van der Waals surface area (Å²) in [4.78, 5) is 4.74. The van der Waals surface area contributed by atoms with Gasteiger partial charge in [-0.25, -0.2) is 0 Å². The average Bonchev–Trinajstić information content (AvgIpc) is 2.48. The van der Waals surface area contributed by atoms with Crippen molar-refractivity contribution >= 4 is 0 Å². The predicted octanol–water partition coefficient (Wildman–Crippen LogP) is 6.31. The number of rotatable bonds is 3. The third-order valence-corrected chi connectivity index (χ3v) is 4.59. The molecule has 0 spiro atoms. The SMILES string of the molecule is CC.CCC1(c2cc(CC(C)(C)C)ccn2)CCCCC1. The molecule has 0 atom stereocenters. The van der Waals surface area contributed by atoms with Crippen LogP contribution < -0.4 is 0 Å². The van der Waals surface area contributed by atoms with Crippen molar-refractivity contribution in [3.8, 4) is 0 Å². The molecule has 1 saturated carbocycles. The highest BCUT2D eigenvalue weighted by Crippen LogP contribution is 2.41. The van der Waals surface area contributed by atoms with E-state index in [1.807, 2.05) is 20.0 Å². The normalized spacial score (nSPS) is 17.8. The molecular formula is C20H35N. The van der Waals surface area contributed by atoms with Crippen LogP contribution in [0.25, 0.3) is 0 Å². The van der Waals surface area contributed by atoms with Crippen LogP contribution in [0.15, 0.2) is 18.3 Å². The van der Waals surface area contributed by atoms with Gasteiger partial charge in [-0.05, 0) is 48.8 Å². The molecule has 1 aromatic rings. The number of aromatic nitrogens is 1. The Morgan fingerprint density at radius 3 is 2.24 bits per heavy atom. The molecule has 120 valence electrons. The summed E-state index contributed by atoms with van der Waals surface area (Å²) in [5.41, 5.74) is 3.53. The van der Waals surface area contributed by atoms with Crippen molar-refractivity contribution in [2.75, 3.05) is 0 Å². The molecule has 0 saturated heterocycles. The quantitative estimate of drug-likeness (QED) is 0.635. The van der Waals surface area contributed by atoms with Crippen LogP contribution in [0.2, 0.25) is 0 Å². The molecule has 1 fully saturated rings. The van der Waals surface area contributed by atoms with Crippen molar-refractivity contribution < 1.29 is 0 Å². The number of hydrogen-bond acceptors (Lipinski definition) is 1. The van der Waals surface area contributed by atoms with Gasteiger partial charge in [0.2, 0.25) is 0 Å². The van der Waals surface area contributed by atoms with E-state index < -0.39 is 0 Å². The fourth-order valence-corrected chi connectivity index (χ4v) is 3.51. The highest BCUT2D eigenvalue weighted by molar-refractivity contribution is 5.24. The third kappa shape index (κ3) is 5.13. The third-order valence-electron chi connectivity index (χ3n) is 4.59. The zero-order valence-corrected chi connectivity index (χ0v) is 15.1. The fourth-order valence-electron chi connectivity index (χ4n) is 3.51. The summed E-state index contributed by atoms with van der Waals surface area (Å²) in [6.45, 7) is 13.3. The fraction of sp³-hybridized carbons (Fsp3) is 0.750. The number of nitrogens with zero attached hydrogens (tertiary/aromatic N) is 1. The Kier molecular flexibility index (Phi) is 6.90. The lowest BCUT2D eigenvalue weighted by atomic mass is 9.69. The van der Waals surface area contributed by atoms with Gasteiger partial charge in [0.15, 0.2) is 0 Å². The Labute approximate surface area is 132 Å². The average molecular weight is 290 g/mol. The lowest BCUT2D eigenvalue weighted by Gasteiger charge is -2.36. The summed E-state index contributed by atoms with van der Waals surface area (Å²) in [6, 6.07) is 4.58. The van der Waals surface area contributed by atoms with Crippen LogP contribution in [0.5, 0.6) is 0 Å². The van der Waals surface area contributed by atoms with Crippen molar-refractivity contribution in [2.45, 2.75) is 91.9 Å². The monoisotopic (exact) mass is 289 g/mol. The molecule has 0 radical (unpaired) electrons. The number of hydrogen-bond donors (Lipinski definition) is 0. The Hall–Kier alpha value is -0.850. The smallest absolute Gasteiger partial charge is 0.0467 e. The molecule has 1 aliphatic carbocycles. The summed E-state index contributed by atoms with van der Waals surface area (Å²) in [6.07, 6.45) is 11.2. The maximum absolute atomic E-state index is 4.74.